The van der Waals surface area contributed by atoms with E-state index in [1.54, 1.807) is 37.1 Å². The Morgan fingerprint density at radius 1 is 0.982 bits per heavy atom. The molecule has 6 heterocycles. The van der Waals surface area contributed by atoms with Gasteiger partial charge in [0.25, 0.3) is 17.4 Å². The number of hydrogen-bond acceptors (Lipinski definition) is 11. The first-order chi connectivity index (χ1) is 27.1. The van der Waals surface area contributed by atoms with Crippen LogP contribution in [0.1, 0.15) is 82.0 Å². The number of aromatic nitrogens is 3. The number of nitrogens with one attached hydrogen (secondary N) is 2. The van der Waals surface area contributed by atoms with Crippen LogP contribution in [-0.4, -0.2) is 86.1 Å². The number of imide groups is 2. The number of nitrogens with two attached hydrogens (primary N) is 1. The first-order valence-electron chi connectivity index (χ1n) is 18.6. The zero-order chi connectivity index (χ0) is 40.5. The normalized spacial score (nSPS) is 19.8. The molecule has 15 nitrogen and oxygen atoms in total. The third kappa shape index (κ3) is 6.61. The van der Waals surface area contributed by atoms with Gasteiger partial charge in [-0.2, -0.15) is 13.2 Å². The molecule has 4 aromatic rings. The van der Waals surface area contributed by atoms with Crippen molar-refractivity contribution in [3.63, 3.8) is 0 Å². The molecule has 0 saturated carbocycles. The fourth-order valence-corrected chi connectivity index (χ4v) is 8.34. The number of alkyl halides is 3. The second kappa shape index (κ2) is 14.0. The van der Waals surface area contributed by atoms with Crippen molar-refractivity contribution in [2.45, 2.75) is 56.8 Å². The number of nitrogens with zero attached hydrogens (tertiary/aromatic N) is 6. The van der Waals surface area contributed by atoms with Crippen LogP contribution in [0.4, 0.5) is 30.4 Å². The molecule has 3 fully saturated rings. The van der Waals surface area contributed by atoms with Crippen LogP contribution in [-0.2, 0) is 27.6 Å². The minimum Gasteiger partial charge on any atom is -0.399 e. The van der Waals surface area contributed by atoms with Gasteiger partial charge in [0.15, 0.2) is 0 Å². The fraction of sp³-hybridized carbons (Fsp3) is 0.385. The third-order valence-corrected chi connectivity index (χ3v) is 11.5. The summed E-state index contributed by atoms with van der Waals surface area (Å²) in [5, 5.41) is 5.89. The molecule has 5 amide bonds. The van der Waals surface area contributed by atoms with E-state index in [1.807, 2.05) is 4.90 Å². The summed E-state index contributed by atoms with van der Waals surface area (Å²) in [7, 11) is 1.60. The largest absolute Gasteiger partial charge is 0.416 e. The minimum atomic E-state index is -4.57. The van der Waals surface area contributed by atoms with E-state index in [2.05, 4.69) is 20.6 Å². The van der Waals surface area contributed by atoms with Crippen molar-refractivity contribution in [3.8, 4) is 0 Å². The highest BCUT2D eigenvalue weighted by atomic mass is 19.4. The number of amides is 5. The molecule has 0 spiro atoms. The quantitative estimate of drug-likeness (QED) is 0.184. The molecular weight excluding hydrogens is 747 g/mol. The summed E-state index contributed by atoms with van der Waals surface area (Å²) in [6.45, 7) is 3.13. The van der Waals surface area contributed by atoms with Crippen molar-refractivity contribution in [2.75, 3.05) is 42.1 Å². The number of likely N-dealkylation sites (tertiary alicyclic amines) is 1. The number of aryl methyl sites for hydroxylation is 1. The molecule has 1 unspecified atom stereocenters. The van der Waals surface area contributed by atoms with Crippen LogP contribution in [0.2, 0.25) is 0 Å². The number of rotatable bonds is 7. The summed E-state index contributed by atoms with van der Waals surface area (Å²) >= 11 is 0. The topological polar surface area (TPSA) is 193 Å². The van der Waals surface area contributed by atoms with Crippen LogP contribution in [0.3, 0.4) is 0 Å². The maximum atomic E-state index is 13.7. The van der Waals surface area contributed by atoms with Gasteiger partial charge in [0.05, 0.1) is 39.7 Å². The number of anilines is 3. The van der Waals surface area contributed by atoms with E-state index < -0.39 is 47.5 Å². The molecule has 0 radical (unpaired) electrons. The molecule has 8 rings (SSSR count). The van der Waals surface area contributed by atoms with E-state index in [0.717, 1.165) is 17.0 Å². The first kappa shape index (κ1) is 37.6. The number of piperidine rings is 2. The molecular formula is C39H38F3N9O6. The van der Waals surface area contributed by atoms with E-state index in [4.69, 9.17) is 5.73 Å². The van der Waals surface area contributed by atoms with E-state index >= 15 is 0 Å². The highest BCUT2D eigenvalue weighted by Gasteiger charge is 2.47. The summed E-state index contributed by atoms with van der Waals surface area (Å²) in [5.74, 6) is -2.62. The van der Waals surface area contributed by atoms with Gasteiger partial charge >= 0.3 is 6.18 Å². The van der Waals surface area contributed by atoms with Crippen LogP contribution in [0.25, 0.3) is 11.0 Å². The number of hydrogen-bond donors (Lipinski definition) is 3. The van der Waals surface area contributed by atoms with Crippen molar-refractivity contribution in [1.82, 2.24) is 29.7 Å². The number of fused-ring (bicyclic) bond motifs is 2. The second-order valence-electron chi connectivity index (χ2n) is 15.0. The lowest BCUT2D eigenvalue weighted by Gasteiger charge is -2.44. The van der Waals surface area contributed by atoms with Crippen LogP contribution in [0.15, 0.2) is 53.6 Å². The smallest absolute Gasteiger partial charge is 0.399 e. The van der Waals surface area contributed by atoms with Crippen molar-refractivity contribution in [3.05, 3.63) is 87.0 Å². The summed E-state index contributed by atoms with van der Waals surface area (Å²) < 4.78 is 42.0. The summed E-state index contributed by atoms with van der Waals surface area (Å²) in [6.07, 6.45) is -2.21. The van der Waals surface area contributed by atoms with Gasteiger partial charge in [-0.3, -0.25) is 43.6 Å². The first-order valence-corrected chi connectivity index (χ1v) is 18.6. The molecule has 4 N–H and O–H groups in total. The summed E-state index contributed by atoms with van der Waals surface area (Å²) in [5.41, 5.74) is 6.68. The molecule has 2 aromatic carbocycles. The maximum Gasteiger partial charge on any atom is 0.416 e. The number of pyridine rings is 1. The molecule has 4 aliphatic rings. The average molecular weight is 786 g/mol. The Morgan fingerprint density at radius 2 is 1.72 bits per heavy atom. The van der Waals surface area contributed by atoms with Gasteiger partial charge in [0.2, 0.25) is 17.7 Å². The molecule has 2 aromatic heterocycles. The van der Waals surface area contributed by atoms with Gasteiger partial charge in [0, 0.05) is 50.9 Å². The number of benzene rings is 2. The zero-order valence-electron chi connectivity index (χ0n) is 30.9. The van der Waals surface area contributed by atoms with E-state index in [-0.39, 0.29) is 53.0 Å². The molecule has 0 bridgehead atoms. The molecule has 0 aliphatic carbocycles. The molecule has 57 heavy (non-hydrogen) atoms. The van der Waals surface area contributed by atoms with Crippen LogP contribution in [0.5, 0.6) is 0 Å². The van der Waals surface area contributed by atoms with Gasteiger partial charge in [-0.25, -0.2) is 9.97 Å². The van der Waals surface area contributed by atoms with Crippen LogP contribution < -0.4 is 26.8 Å². The Hall–Kier alpha value is -6.33. The predicted octanol–water partition coefficient (Wildman–Crippen LogP) is 3.35. The van der Waals surface area contributed by atoms with Gasteiger partial charge in [-0.05, 0) is 74.1 Å². The Balaban J connectivity index is 0.933. The predicted molar refractivity (Wildman–Crippen MR) is 200 cm³/mol. The van der Waals surface area contributed by atoms with Gasteiger partial charge in [-0.1, -0.05) is 6.07 Å². The van der Waals surface area contributed by atoms with Crippen molar-refractivity contribution in [2.24, 2.45) is 13.0 Å². The van der Waals surface area contributed by atoms with Gasteiger partial charge in [0.1, 0.15) is 23.8 Å². The van der Waals surface area contributed by atoms with Gasteiger partial charge in [-0.15, -0.1) is 0 Å². The lowest BCUT2D eigenvalue weighted by Crippen LogP contribution is -2.56. The fourth-order valence-electron chi connectivity index (χ4n) is 8.34. The lowest BCUT2D eigenvalue weighted by molar-refractivity contribution is -0.138. The highest BCUT2D eigenvalue weighted by Crippen LogP contribution is 2.39. The standard InChI is InChI=1S/C39H38F3N9O6/c1-19(21-12-23(39(40,41)42)14-24(43)13-21)46-32-27-15-26(36(55)48(2)33(27)45-18-44-32)20-8-10-49(11-9-20)35(54)22-16-50(17-22)28-5-3-4-25-31(28)38(57)51(37(25)56)29-6-7-30(52)47-34(29)53/h3-5,12-15,18-20,22,29H,6-11,16-17,43H2,1-2H3,(H,44,45,46)(H,47,52,53)/t19-,29?/m1/s1. The lowest BCUT2D eigenvalue weighted by atomic mass is 9.88. The number of carbonyl (C=O) groups excluding carboxylic acids is 5. The second-order valence-corrected chi connectivity index (χ2v) is 15.0. The van der Waals surface area contributed by atoms with Gasteiger partial charge < -0.3 is 20.9 Å². The SMILES string of the molecule is C[C@@H](Nc1ncnc2c1cc(C1CCN(C(=O)C3CN(c4cccc5c4C(=O)N(C4CCC(=O)NC4=O)C5=O)C3)CC1)c(=O)n2C)c1cc(N)cc(C(F)(F)F)c1. The van der Waals surface area contributed by atoms with Crippen LogP contribution in [0, 0.1) is 5.92 Å². The van der Waals surface area contributed by atoms with Crippen molar-refractivity contribution >= 4 is 57.8 Å². The average Bonchev–Trinajstić information content (AvgIpc) is 3.41. The minimum absolute atomic E-state index is 0.0150. The Morgan fingerprint density at radius 3 is 2.42 bits per heavy atom. The zero-order valence-corrected chi connectivity index (χ0v) is 30.9. The number of carbonyl (C=O) groups is 5. The molecule has 2 atom stereocenters. The Labute approximate surface area is 323 Å². The third-order valence-electron chi connectivity index (χ3n) is 11.5. The van der Waals surface area contributed by atoms with Crippen molar-refractivity contribution in [1.29, 1.82) is 0 Å². The monoisotopic (exact) mass is 785 g/mol. The van der Waals surface area contributed by atoms with Crippen LogP contribution >= 0.6 is 0 Å². The Kier molecular flexibility index (Phi) is 9.23. The highest BCUT2D eigenvalue weighted by molar-refractivity contribution is 6.25. The van der Waals surface area contributed by atoms with E-state index in [9.17, 15) is 41.9 Å². The Bertz CT molecular complexity index is 2440. The molecule has 296 valence electrons. The number of nitrogen functional groups attached to an aromatic ring is 1. The van der Waals surface area contributed by atoms with Crippen molar-refractivity contribution < 1.29 is 37.1 Å². The molecule has 3 saturated heterocycles. The van der Waals surface area contributed by atoms with E-state index in [0.29, 0.717) is 72.7 Å². The summed E-state index contributed by atoms with van der Waals surface area (Å²) in [4.78, 5) is 91.6. The summed E-state index contributed by atoms with van der Waals surface area (Å²) in [6, 6.07) is 8.28. The number of halogens is 3. The van der Waals surface area contributed by atoms with E-state index in [1.165, 1.54) is 23.0 Å². The molecule has 4 aliphatic heterocycles. The molecule has 18 heteroatoms. The maximum absolute atomic E-state index is 13.7.